The molecule has 0 aromatic heterocycles. The van der Waals surface area contributed by atoms with Crippen molar-refractivity contribution in [2.75, 3.05) is 0 Å². The quantitative estimate of drug-likeness (QED) is 0.599. The van der Waals surface area contributed by atoms with E-state index < -0.39 is 0 Å². The molecule has 1 heteroatoms. The maximum absolute atomic E-state index is 6.44. The largest absolute Gasteiger partial charge is 0.494 e. The molecule has 0 saturated heterocycles. The lowest BCUT2D eigenvalue weighted by Crippen LogP contribution is -2.39. The summed E-state index contributed by atoms with van der Waals surface area (Å²) < 4.78 is 6.44. The fourth-order valence-electron chi connectivity index (χ4n) is 3.47. The van der Waals surface area contributed by atoms with Crippen molar-refractivity contribution in [3.05, 3.63) is 36.1 Å². The van der Waals surface area contributed by atoms with E-state index in [2.05, 4.69) is 66.3 Å². The summed E-state index contributed by atoms with van der Waals surface area (Å²) in [6, 6.07) is 0. The number of fused-ring (bicyclic) bond motifs is 1. The second kappa shape index (κ2) is 6.02. The van der Waals surface area contributed by atoms with Crippen LogP contribution in [0.15, 0.2) is 36.1 Å². The molecule has 21 heavy (non-hydrogen) atoms. The van der Waals surface area contributed by atoms with Crippen molar-refractivity contribution >= 4 is 0 Å². The standard InChI is InChI=1S/C20H32O/c1-8-20(6,7)16(5)21-18-12-13(2)11-17-10-9-14(3)15(4)19(17)18/h9-11,13-15,18-19H,5,8,12H2,1-4,6-7H3/t13-,14-,15?,18-,19?/m0/s1. The van der Waals surface area contributed by atoms with Crippen molar-refractivity contribution in [3.8, 4) is 0 Å². The first-order valence-electron chi connectivity index (χ1n) is 8.52. The number of ether oxygens (including phenoxy) is 1. The predicted octanol–water partition coefficient (Wildman–Crippen LogP) is 5.75. The van der Waals surface area contributed by atoms with Crippen molar-refractivity contribution in [1.29, 1.82) is 0 Å². The lowest BCUT2D eigenvalue weighted by Gasteiger charge is -2.43. The summed E-state index contributed by atoms with van der Waals surface area (Å²) in [5.41, 5.74) is 1.54. The van der Waals surface area contributed by atoms with Gasteiger partial charge in [0.05, 0.1) is 5.76 Å². The number of hydrogen-bond acceptors (Lipinski definition) is 1. The molecule has 118 valence electrons. The lowest BCUT2D eigenvalue weighted by molar-refractivity contribution is 0.00356. The van der Waals surface area contributed by atoms with Crippen LogP contribution in [0, 0.1) is 29.1 Å². The molecule has 5 atom stereocenters. The average molecular weight is 288 g/mol. The molecule has 0 saturated carbocycles. The maximum Gasteiger partial charge on any atom is 0.106 e. The van der Waals surface area contributed by atoms with E-state index in [9.17, 15) is 0 Å². The van der Waals surface area contributed by atoms with Gasteiger partial charge in [-0.2, -0.15) is 0 Å². The maximum atomic E-state index is 6.44. The van der Waals surface area contributed by atoms with E-state index >= 15 is 0 Å². The Bertz CT molecular complexity index is 454. The second-order valence-electron chi connectivity index (χ2n) is 7.80. The molecule has 0 fully saturated rings. The molecule has 0 aliphatic heterocycles. The normalized spacial score (nSPS) is 35.9. The van der Waals surface area contributed by atoms with Crippen LogP contribution in [0.4, 0.5) is 0 Å². The highest BCUT2D eigenvalue weighted by Gasteiger charge is 2.39. The van der Waals surface area contributed by atoms with Crippen molar-refractivity contribution in [2.24, 2.45) is 29.1 Å². The Labute approximate surface area is 131 Å². The van der Waals surface area contributed by atoms with E-state index in [1.165, 1.54) is 5.57 Å². The molecule has 0 amide bonds. The van der Waals surface area contributed by atoms with Crippen LogP contribution in [-0.4, -0.2) is 6.10 Å². The topological polar surface area (TPSA) is 9.23 Å². The van der Waals surface area contributed by atoms with Gasteiger partial charge in [-0.3, -0.25) is 0 Å². The van der Waals surface area contributed by atoms with E-state index in [0.717, 1.165) is 18.6 Å². The summed E-state index contributed by atoms with van der Waals surface area (Å²) in [6.45, 7) is 17.9. The molecule has 0 heterocycles. The molecule has 1 nitrogen and oxygen atoms in total. The van der Waals surface area contributed by atoms with Gasteiger partial charge in [-0.25, -0.2) is 0 Å². The van der Waals surface area contributed by atoms with Crippen molar-refractivity contribution in [1.82, 2.24) is 0 Å². The molecule has 2 aliphatic rings. The van der Waals surface area contributed by atoms with Crippen LogP contribution >= 0.6 is 0 Å². The average Bonchev–Trinajstić information content (AvgIpc) is 2.42. The van der Waals surface area contributed by atoms with Gasteiger partial charge in [0.2, 0.25) is 0 Å². The van der Waals surface area contributed by atoms with E-state index in [-0.39, 0.29) is 11.5 Å². The summed E-state index contributed by atoms with van der Waals surface area (Å²) >= 11 is 0. The van der Waals surface area contributed by atoms with Gasteiger partial charge in [0.15, 0.2) is 0 Å². The summed E-state index contributed by atoms with van der Waals surface area (Å²) in [5, 5.41) is 0. The molecular weight excluding hydrogens is 256 g/mol. The minimum atomic E-state index is 0.0594. The van der Waals surface area contributed by atoms with Crippen LogP contribution in [0.2, 0.25) is 0 Å². The highest BCUT2D eigenvalue weighted by Crippen LogP contribution is 2.44. The summed E-state index contributed by atoms with van der Waals surface area (Å²) in [6.07, 6.45) is 9.57. The molecule has 2 rings (SSSR count). The molecule has 0 radical (unpaired) electrons. The minimum absolute atomic E-state index is 0.0594. The molecule has 2 aliphatic carbocycles. The molecular formula is C20H32O. The van der Waals surface area contributed by atoms with Crippen molar-refractivity contribution in [2.45, 2.75) is 60.5 Å². The van der Waals surface area contributed by atoms with Gasteiger partial charge in [-0.1, -0.05) is 66.3 Å². The van der Waals surface area contributed by atoms with Crippen LogP contribution < -0.4 is 0 Å². The Morgan fingerprint density at radius 3 is 2.62 bits per heavy atom. The van der Waals surface area contributed by atoms with Gasteiger partial charge in [0.1, 0.15) is 6.10 Å². The third kappa shape index (κ3) is 3.27. The van der Waals surface area contributed by atoms with Crippen LogP contribution in [0.25, 0.3) is 0 Å². The van der Waals surface area contributed by atoms with Gasteiger partial charge in [0, 0.05) is 11.3 Å². The van der Waals surface area contributed by atoms with E-state index in [1.54, 1.807) is 0 Å². The van der Waals surface area contributed by atoms with E-state index in [1.807, 2.05) is 0 Å². The Kier molecular flexibility index (Phi) is 4.70. The fourth-order valence-corrected chi connectivity index (χ4v) is 3.47. The monoisotopic (exact) mass is 288 g/mol. The van der Waals surface area contributed by atoms with Crippen LogP contribution in [0.1, 0.15) is 54.4 Å². The highest BCUT2D eigenvalue weighted by molar-refractivity contribution is 5.31. The Morgan fingerprint density at radius 2 is 2.00 bits per heavy atom. The Hall–Kier alpha value is -0.980. The first-order chi connectivity index (χ1) is 9.76. The molecule has 2 unspecified atom stereocenters. The summed E-state index contributed by atoms with van der Waals surface area (Å²) in [5.74, 6) is 3.32. The van der Waals surface area contributed by atoms with E-state index in [0.29, 0.717) is 23.7 Å². The molecule has 0 aromatic rings. The predicted molar refractivity (Wildman–Crippen MR) is 90.9 cm³/mol. The number of hydrogen-bond donors (Lipinski definition) is 0. The summed E-state index contributed by atoms with van der Waals surface area (Å²) in [7, 11) is 0. The molecule has 0 N–H and O–H groups in total. The van der Waals surface area contributed by atoms with Gasteiger partial charge < -0.3 is 4.74 Å². The van der Waals surface area contributed by atoms with Crippen molar-refractivity contribution < 1.29 is 4.74 Å². The smallest absolute Gasteiger partial charge is 0.106 e. The van der Waals surface area contributed by atoms with Gasteiger partial charge in [0.25, 0.3) is 0 Å². The minimum Gasteiger partial charge on any atom is -0.494 e. The highest BCUT2D eigenvalue weighted by atomic mass is 16.5. The van der Waals surface area contributed by atoms with Crippen molar-refractivity contribution in [3.63, 3.8) is 0 Å². The van der Waals surface area contributed by atoms with Crippen LogP contribution in [-0.2, 0) is 4.74 Å². The first-order valence-corrected chi connectivity index (χ1v) is 8.52. The zero-order valence-corrected chi connectivity index (χ0v) is 14.6. The SMILES string of the molecule is C=C(O[C@H]1C[C@@H](C)C=C2C=C[C@H](C)C(C)C21)C(C)(C)CC. The first kappa shape index (κ1) is 16.4. The van der Waals surface area contributed by atoms with Gasteiger partial charge in [-0.05, 0) is 36.2 Å². The lowest BCUT2D eigenvalue weighted by atomic mass is 9.67. The van der Waals surface area contributed by atoms with Gasteiger partial charge in [-0.15, -0.1) is 0 Å². The zero-order valence-electron chi connectivity index (χ0n) is 14.6. The Morgan fingerprint density at radius 1 is 1.33 bits per heavy atom. The van der Waals surface area contributed by atoms with E-state index in [4.69, 9.17) is 4.74 Å². The number of allylic oxidation sites excluding steroid dienone is 4. The van der Waals surface area contributed by atoms with Gasteiger partial charge >= 0.3 is 0 Å². The molecule has 0 spiro atoms. The third-order valence-electron chi connectivity index (χ3n) is 5.79. The Balaban J connectivity index is 2.22. The fraction of sp³-hybridized carbons (Fsp3) is 0.700. The summed E-state index contributed by atoms with van der Waals surface area (Å²) in [4.78, 5) is 0. The zero-order chi connectivity index (χ0) is 15.8. The second-order valence-corrected chi connectivity index (χ2v) is 7.80. The third-order valence-corrected chi connectivity index (χ3v) is 5.79. The number of rotatable bonds is 4. The van der Waals surface area contributed by atoms with Crippen LogP contribution in [0.3, 0.4) is 0 Å². The molecule has 0 bridgehead atoms. The van der Waals surface area contributed by atoms with Crippen LogP contribution in [0.5, 0.6) is 0 Å². The molecule has 0 aromatic carbocycles.